The molecule has 170 valence electrons. The van der Waals surface area contributed by atoms with E-state index >= 15 is 0 Å². The summed E-state index contributed by atoms with van der Waals surface area (Å²) in [6.45, 7) is 2.40. The number of carbonyl (C=O) groups excluding carboxylic acids is 3. The van der Waals surface area contributed by atoms with Crippen LogP contribution >= 0.6 is 0 Å². The van der Waals surface area contributed by atoms with Crippen molar-refractivity contribution in [3.63, 3.8) is 0 Å². The molecule has 0 aromatic heterocycles. The zero-order valence-electron chi connectivity index (χ0n) is 17.8. The van der Waals surface area contributed by atoms with E-state index in [1.165, 1.54) is 0 Å². The Hall–Kier alpha value is -1.64. The minimum absolute atomic E-state index is 0.0418. The van der Waals surface area contributed by atoms with Gasteiger partial charge in [-0.05, 0) is 50.9 Å². The van der Waals surface area contributed by atoms with Crippen molar-refractivity contribution in [3.8, 4) is 0 Å². The van der Waals surface area contributed by atoms with E-state index in [9.17, 15) is 22.8 Å². The van der Waals surface area contributed by atoms with Crippen LogP contribution in [0, 0.1) is 5.92 Å². The summed E-state index contributed by atoms with van der Waals surface area (Å²) in [4.78, 5) is 39.1. The molecule has 0 aromatic carbocycles. The first kappa shape index (κ1) is 23.0. The molecule has 2 heterocycles. The van der Waals surface area contributed by atoms with Gasteiger partial charge in [-0.15, -0.1) is 0 Å². The van der Waals surface area contributed by atoms with Crippen LogP contribution in [-0.4, -0.2) is 67.2 Å². The van der Waals surface area contributed by atoms with Crippen LogP contribution in [0.4, 0.5) is 4.79 Å². The third-order valence-corrected chi connectivity index (χ3v) is 9.34. The van der Waals surface area contributed by atoms with Gasteiger partial charge in [0.1, 0.15) is 12.3 Å². The van der Waals surface area contributed by atoms with Crippen molar-refractivity contribution in [2.45, 2.75) is 94.5 Å². The van der Waals surface area contributed by atoms with E-state index in [0.29, 0.717) is 32.2 Å². The second-order valence-corrected chi connectivity index (χ2v) is 11.3. The highest BCUT2D eigenvalue weighted by atomic mass is 32.2. The van der Waals surface area contributed by atoms with Crippen LogP contribution in [0.2, 0.25) is 0 Å². The number of aldehydes is 1. The van der Waals surface area contributed by atoms with Crippen molar-refractivity contribution >= 4 is 28.1 Å². The van der Waals surface area contributed by atoms with E-state index in [4.69, 9.17) is 0 Å². The number of nitrogens with zero attached hydrogens (tertiary/aromatic N) is 1. The monoisotopic (exact) mass is 441 g/mol. The average Bonchev–Trinajstić information content (AvgIpc) is 3.36. The fourth-order valence-electron chi connectivity index (χ4n) is 5.31. The van der Waals surface area contributed by atoms with Gasteiger partial charge in [-0.25, -0.2) is 13.2 Å². The van der Waals surface area contributed by atoms with E-state index < -0.39 is 39.2 Å². The lowest BCUT2D eigenvalue weighted by Crippen LogP contribution is -2.58. The number of hydrogen-bond acceptors (Lipinski definition) is 5. The van der Waals surface area contributed by atoms with Crippen molar-refractivity contribution in [1.29, 1.82) is 0 Å². The first-order valence-corrected chi connectivity index (χ1v) is 13.1. The minimum atomic E-state index is -3.19. The normalized spacial score (nSPS) is 28.6. The molecule has 3 rings (SSSR count). The molecule has 2 aliphatic heterocycles. The smallest absolute Gasteiger partial charge is 0.315 e. The first-order chi connectivity index (χ1) is 14.4. The highest BCUT2D eigenvalue weighted by molar-refractivity contribution is 7.92. The molecule has 4 unspecified atom stereocenters. The predicted octanol–water partition coefficient (Wildman–Crippen LogP) is 1.78. The van der Waals surface area contributed by atoms with Gasteiger partial charge in [0.15, 0.2) is 9.84 Å². The lowest BCUT2D eigenvalue weighted by atomic mass is 9.83. The minimum Gasteiger partial charge on any atom is -0.334 e. The third kappa shape index (κ3) is 5.15. The molecule has 3 aliphatic rings. The number of sulfone groups is 1. The molecule has 4 atom stereocenters. The molecule has 0 aromatic rings. The Morgan fingerprint density at radius 1 is 1.03 bits per heavy atom. The lowest BCUT2D eigenvalue weighted by molar-refractivity contribution is -0.137. The number of urea groups is 1. The van der Waals surface area contributed by atoms with Gasteiger partial charge in [0, 0.05) is 12.6 Å². The molecule has 3 fully saturated rings. The maximum absolute atomic E-state index is 13.3. The Balaban J connectivity index is 1.71. The summed E-state index contributed by atoms with van der Waals surface area (Å²) in [7, 11) is -3.19. The summed E-state index contributed by atoms with van der Waals surface area (Å²) in [6.07, 6.45) is 8.86. The molecule has 1 aliphatic carbocycles. The SMILES string of the molecule is CCC(NC(=O)NC(C(=O)N1CCCC1C=O)C1CCCCC1)C1CCCS1(=O)=O. The van der Waals surface area contributed by atoms with Crippen LogP contribution in [0.25, 0.3) is 0 Å². The van der Waals surface area contributed by atoms with Crippen molar-refractivity contribution < 1.29 is 22.8 Å². The second-order valence-electron chi connectivity index (χ2n) is 8.93. The first-order valence-electron chi connectivity index (χ1n) is 11.4. The van der Waals surface area contributed by atoms with Gasteiger partial charge < -0.3 is 20.3 Å². The second kappa shape index (κ2) is 10.1. The number of amides is 3. The van der Waals surface area contributed by atoms with E-state index in [1.54, 1.807) is 4.90 Å². The van der Waals surface area contributed by atoms with Gasteiger partial charge in [0.05, 0.1) is 17.0 Å². The molecule has 0 bridgehead atoms. The van der Waals surface area contributed by atoms with Crippen LogP contribution in [0.1, 0.15) is 71.1 Å². The Morgan fingerprint density at radius 3 is 2.37 bits per heavy atom. The molecule has 8 nitrogen and oxygen atoms in total. The van der Waals surface area contributed by atoms with Crippen LogP contribution in [0.15, 0.2) is 0 Å². The van der Waals surface area contributed by atoms with Gasteiger partial charge in [-0.2, -0.15) is 0 Å². The van der Waals surface area contributed by atoms with Crippen LogP contribution in [0.3, 0.4) is 0 Å². The van der Waals surface area contributed by atoms with Crippen LogP contribution in [0.5, 0.6) is 0 Å². The summed E-state index contributed by atoms with van der Waals surface area (Å²) in [5, 5.41) is 5.15. The van der Waals surface area contributed by atoms with Crippen molar-refractivity contribution in [3.05, 3.63) is 0 Å². The Labute approximate surface area is 179 Å². The van der Waals surface area contributed by atoms with E-state index in [0.717, 1.165) is 44.8 Å². The van der Waals surface area contributed by atoms with Crippen LogP contribution in [-0.2, 0) is 19.4 Å². The number of rotatable bonds is 7. The maximum Gasteiger partial charge on any atom is 0.315 e. The molecular formula is C21H35N3O5S. The molecule has 0 spiro atoms. The highest BCUT2D eigenvalue weighted by Crippen LogP contribution is 2.29. The topological polar surface area (TPSA) is 113 Å². The summed E-state index contributed by atoms with van der Waals surface area (Å²) >= 11 is 0. The van der Waals surface area contributed by atoms with Gasteiger partial charge in [-0.3, -0.25) is 4.79 Å². The summed E-state index contributed by atoms with van der Waals surface area (Å²) < 4.78 is 24.6. The summed E-state index contributed by atoms with van der Waals surface area (Å²) in [5.41, 5.74) is 0. The van der Waals surface area contributed by atoms with Crippen molar-refractivity contribution in [1.82, 2.24) is 15.5 Å². The van der Waals surface area contributed by atoms with Gasteiger partial charge in [0.2, 0.25) is 5.91 Å². The molecule has 0 radical (unpaired) electrons. The maximum atomic E-state index is 13.3. The van der Waals surface area contributed by atoms with Crippen molar-refractivity contribution in [2.24, 2.45) is 5.92 Å². The molecule has 2 N–H and O–H groups in total. The molecule has 9 heteroatoms. The highest BCUT2D eigenvalue weighted by Gasteiger charge is 2.40. The fourth-order valence-corrected chi connectivity index (χ4v) is 7.47. The van der Waals surface area contributed by atoms with Crippen molar-refractivity contribution in [2.75, 3.05) is 12.3 Å². The largest absolute Gasteiger partial charge is 0.334 e. The number of likely N-dealkylation sites (tertiary alicyclic amines) is 1. The average molecular weight is 442 g/mol. The van der Waals surface area contributed by atoms with E-state index in [-0.39, 0.29) is 17.6 Å². The van der Waals surface area contributed by atoms with Gasteiger partial charge in [0.25, 0.3) is 0 Å². The number of hydrogen-bond donors (Lipinski definition) is 2. The standard InChI is InChI=1S/C21H35N3O5S/c1-2-17(18-11-7-13-30(18,28)29)22-21(27)23-19(15-8-4-3-5-9-15)20(26)24-12-6-10-16(24)14-25/h14-19H,2-13H2,1H3,(H2,22,23,27). The zero-order valence-corrected chi connectivity index (χ0v) is 18.7. The number of carbonyl (C=O) groups is 3. The number of nitrogens with one attached hydrogen (secondary N) is 2. The molecular weight excluding hydrogens is 406 g/mol. The molecule has 3 amide bonds. The Bertz CT molecular complexity index is 735. The van der Waals surface area contributed by atoms with Crippen LogP contribution < -0.4 is 10.6 Å². The Kier molecular flexibility index (Phi) is 7.76. The molecule has 1 saturated carbocycles. The lowest BCUT2D eigenvalue weighted by Gasteiger charge is -2.34. The Morgan fingerprint density at radius 2 is 1.77 bits per heavy atom. The van der Waals surface area contributed by atoms with Gasteiger partial charge >= 0.3 is 6.03 Å². The quantitative estimate of drug-likeness (QED) is 0.585. The van der Waals surface area contributed by atoms with E-state index in [2.05, 4.69) is 10.6 Å². The predicted molar refractivity (Wildman–Crippen MR) is 114 cm³/mol. The van der Waals surface area contributed by atoms with E-state index in [1.807, 2.05) is 6.92 Å². The molecule has 2 saturated heterocycles. The third-order valence-electron chi connectivity index (χ3n) is 7.00. The summed E-state index contributed by atoms with van der Waals surface area (Å²) in [6, 6.07) is -2.05. The van der Waals surface area contributed by atoms with Gasteiger partial charge in [-0.1, -0.05) is 26.2 Å². The fraction of sp³-hybridized carbons (Fsp3) is 0.857. The molecule has 30 heavy (non-hydrogen) atoms. The summed E-state index contributed by atoms with van der Waals surface area (Å²) in [5.74, 6) is 0.0243. The zero-order chi connectivity index (χ0) is 21.7.